The Kier molecular flexibility index (Phi) is 5.05. The van der Waals surface area contributed by atoms with Crippen molar-refractivity contribution in [2.75, 3.05) is 13.7 Å². The molecular weight excluding hydrogens is 336 g/mol. The van der Waals surface area contributed by atoms with Crippen LogP contribution in [0.2, 0.25) is 0 Å². The first-order chi connectivity index (χ1) is 13.1. The van der Waals surface area contributed by atoms with Gasteiger partial charge in [0.1, 0.15) is 5.75 Å². The molecule has 2 aromatic carbocycles. The summed E-state index contributed by atoms with van der Waals surface area (Å²) in [5.74, 6) is 1.18. The molecule has 2 aliphatic rings. The summed E-state index contributed by atoms with van der Waals surface area (Å²) >= 11 is 0. The molecule has 0 radical (unpaired) electrons. The first kappa shape index (κ1) is 18.2. The minimum atomic E-state index is -0.193. The van der Waals surface area contributed by atoms with Crippen LogP contribution in [0.1, 0.15) is 54.9 Å². The predicted molar refractivity (Wildman–Crippen MR) is 107 cm³/mol. The molecule has 0 amide bonds. The third-order valence-electron chi connectivity index (χ3n) is 6.22. The Morgan fingerprint density at radius 1 is 1.07 bits per heavy atom. The van der Waals surface area contributed by atoms with Gasteiger partial charge >= 0.3 is 0 Å². The number of fused-ring (bicyclic) bond motifs is 1. The van der Waals surface area contributed by atoms with E-state index in [9.17, 15) is 4.79 Å². The van der Waals surface area contributed by atoms with Gasteiger partial charge in [-0.25, -0.2) is 0 Å². The third-order valence-corrected chi connectivity index (χ3v) is 6.22. The van der Waals surface area contributed by atoms with Crippen molar-refractivity contribution in [2.45, 2.75) is 51.6 Å². The van der Waals surface area contributed by atoms with Crippen LogP contribution in [0.3, 0.4) is 0 Å². The highest BCUT2D eigenvalue weighted by molar-refractivity contribution is 6.05. The van der Waals surface area contributed by atoms with Crippen molar-refractivity contribution in [1.29, 1.82) is 0 Å². The first-order valence-corrected chi connectivity index (χ1v) is 10.1. The van der Waals surface area contributed by atoms with Crippen LogP contribution in [0, 0.1) is 5.41 Å². The van der Waals surface area contributed by atoms with Crippen molar-refractivity contribution in [2.24, 2.45) is 5.41 Å². The average molecular weight is 364 g/mol. The van der Waals surface area contributed by atoms with Crippen LogP contribution in [-0.2, 0) is 11.2 Å². The molecule has 0 aromatic heterocycles. The lowest BCUT2D eigenvalue weighted by Gasteiger charge is -2.35. The summed E-state index contributed by atoms with van der Waals surface area (Å²) in [6, 6.07) is 14.4. The number of hydrogen-bond donors (Lipinski definition) is 0. The maximum atomic E-state index is 13.3. The highest BCUT2D eigenvalue weighted by atomic mass is 16.5. The van der Waals surface area contributed by atoms with Gasteiger partial charge in [0.25, 0.3) is 0 Å². The molecule has 1 saturated carbocycles. The van der Waals surface area contributed by atoms with E-state index in [2.05, 4.69) is 31.2 Å². The van der Waals surface area contributed by atoms with E-state index < -0.39 is 0 Å². The zero-order valence-electron chi connectivity index (χ0n) is 16.3. The fourth-order valence-corrected chi connectivity index (χ4v) is 4.65. The fraction of sp³-hybridized carbons (Fsp3) is 0.458. The molecular formula is C24H28O3. The minimum absolute atomic E-state index is 0.193. The van der Waals surface area contributed by atoms with Crippen molar-refractivity contribution >= 4 is 5.78 Å². The number of ketones is 1. The number of methoxy groups -OCH3 is 1. The molecule has 27 heavy (non-hydrogen) atoms. The second-order valence-electron chi connectivity index (χ2n) is 7.96. The normalized spacial score (nSPS) is 24.2. The zero-order chi connectivity index (χ0) is 18.9. The topological polar surface area (TPSA) is 35.5 Å². The monoisotopic (exact) mass is 364 g/mol. The first-order valence-electron chi connectivity index (χ1n) is 10.1. The Labute approximate surface area is 161 Å². The standard InChI is InChI=1S/C24H28O3/c1-3-13-27-20-9-11-24(12-10-20)16-19-8-7-18(15-22(19)23(24)25)17-5-4-6-21(14-17)26-2/h4-8,14-15,20H,3,9-13,16H2,1-2H3. The Balaban J connectivity index is 1.55. The molecule has 0 unspecified atom stereocenters. The lowest BCUT2D eigenvalue weighted by molar-refractivity contribution is 0.00201. The Bertz CT molecular complexity index is 831. The van der Waals surface area contributed by atoms with E-state index >= 15 is 0 Å². The molecule has 4 rings (SSSR count). The van der Waals surface area contributed by atoms with E-state index in [1.165, 1.54) is 5.56 Å². The Hall–Kier alpha value is -2.13. The number of hydrogen-bond acceptors (Lipinski definition) is 3. The number of rotatable bonds is 5. The summed E-state index contributed by atoms with van der Waals surface area (Å²) in [5.41, 5.74) is 4.10. The van der Waals surface area contributed by atoms with Gasteiger partial charge in [-0.1, -0.05) is 31.2 Å². The van der Waals surface area contributed by atoms with E-state index in [1.54, 1.807) is 7.11 Å². The van der Waals surface area contributed by atoms with E-state index in [0.717, 1.165) is 67.6 Å². The van der Waals surface area contributed by atoms with Gasteiger partial charge in [0.05, 0.1) is 13.2 Å². The molecule has 2 aromatic rings. The maximum absolute atomic E-state index is 13.3. The van der Waals surface area contributed by atoms with Gasteiger partial charge in [0.2, 0.25) is 0 Å². The van der Waals surface area contributed by atoms with Crippen LogP contribution < -0.4 is 4.74 Å². The van der Waals surface area contributed by atoms with E-state index in [-0.39, 0.29) is 5.41 Å². The second kappa shape index (κ2) is 7.47. The molecule has 3 nitrogen and oxygen atoms in total. The van der Waals surface area contributed by atoms with Crippen LogP contribution in [-0.4, -0.2) is 25.6 Å². The number of carbonyl (C=O) groups is 1. The minimum Gasteiger partial charge on any atom is -0.497 e. The van der Waals surface area contributed by atoms with Gasteiger partial charge in [-0.2, -0.15) is 0 Å². The number of carbonyl (C=O) groups excluding carboxylic acids is 1. The Morgan fingerprint density at radius 2 is 1.85 bits per heavy atom. The summed E-state index contributed by atoms with van der Waals surface area (Å²) in [6.45, 7) is 2.97. The second-order valence-corrected chi connectivity index (χ2v) is 7.96. The van der Waals surface area contributed by atoms with Crippen molar-refractivity contribution in [3.63, 3.8) is 0 Å². The van der Waals surface area contributed by atoms with Gasteiger partial charge in [-0.05, 0) is 73.4 Å². The van der Waals surface area contributed by atoms with Crippen molar-refractivity contribution in [3.05, 3.63) is 53.6 Å². The summed E-state index contributed by atoms with van der Waals surface area (Å²) in [7, 11) is 1.68. The molecule has 0 saturated heterocycles. The molecule has 2 aliphatic carbocycles. The lowest BCUT2D eigenvalue weighted by atomic mass is 9.70. The lowest BCUT2D eigenvalue weighted by Crippen LogP contribution is -2.35. The van der Waals surface area contributed by atoms with E-state index in [1.807, 2.05) is 18.2 Å². The van der Waals surface area contributed by atoms with Gasteiger partial charge in [0, 0.05) is 17.6 Å². The molecule has 1 fully saturated rings. The summed E-state index contributed by atoms with van der Waals surface area (Å²) in [4.78, 5) is 13.3. The van der Waals surface area contributed by atoms with Crippen LogP contribution in [0.5, 0.6) is 5.75 Å². The van der Waals surface area contributed by atoms with Gasteiger partial charge < -0.3 is 9.47 Å². The molecule has 0 atom stereocenters. The van der Waals surface area contributed by atoms with Crippen LogP contribution in [0.25, 0.3) is 11.1 Å². The summed E-state index contributed by atoms with van der Waals surface area (Å²) in [6.07, 6.45) is 6.18. The molecule has 0 N–H and O–H groups in total. The van der Waals surface area contributed by atoms with E-state index in [0.29, 0.717) is 11.9 Å². The quantitative estimate of drug-likeness (QED) is 0.707. The fourth-order valence-electron chi connectivity index (χ4n) is 4.65. The predicted octanol–water partition coefficient (Wildman–Crippen LogP) is 5.46. The molecule has 142 valence electrons. The van der Waals surface area contributed by atoms with Gasteiger partial charge in [0.15, 0.2) is 5.78 Å². The highest BCUT2D eigenvalue weighted by Gasteiger charge is 2.47. The molecule has 1 spiro atoms. The van der Waals surface area contributed by atoms with Crippen molar-refractivity contribution in [3.8, 4) is 16.9 Å². The van der Waals surface area contributed by atoms with Gasteiger partial charge in [-0.15, -0.1) is 0 Å². The molecule has 0 bridgehead atoms. The number of Topliss-reactive ketones (excluding diaryl/α,β-unsaturated/α-hetero) is 1. The average Bonchev–Trinajstić information content (AvgIpc) is 2.99. The highest BCUT2D eigenvalue weighted by Crippen LogP contribution is 2.48. The summed E-state index contributed by atoms with van der Waals surface area (Å²) in [5, 5.41) is 0. The largest absolute Gasteiger partial charge is 0.497 e. The SMILES string of the molecule is CCCOC1CCC2(CC1)Cc1ccc(-c3cccc(OC)c3)cc1C2=O. The maximum Gasteiger partial charge on any atom is 0.169 e. The van der Waals surface area contributed by atoms with Crippen LogP contribution in [0.15, 0.2) is 42.5 Å². The molecule has 0 aliphatic heterocycles. The van der Waals surface area contributed by atoms with E-state index in [4.69, 9.17) is 9.47 Å². The van der Waals surface area contributed by atoms with Crippen molar-refractivity contribution in [1.82, 2.24) is 0 Å². The van der Waals surface area contributed by atoms with Crippen molar-refractivity contribution < 1.29 is 14.3 Å². The number of benzene rings is 2. The smallest absolute Gasteiger partial charge is 0.169 e. The Morgan fingerprint density at radius 3 is 2.59 bits per heavy atom. The zero-order valence-corrected chi connectivity index (χ0v) is 16.3. The van der Waals surface area contributed by atoms with Crippen LogP contribution >= 0.6 is 0 Å². The number of ether oxygens (including phenoxy) is 2. The summed E-state index contributed by atoms with van der Waals surface area (Å²) < 4.78 is 11.3. The van der Waals surface area contributed by atoms with Gasteiger partial charge in [-0.3, -0.25) is 4.79 Å². The molecule has 0 heterocycles. The van der Waals surface area contributed by atoms with Crippen LogP contribution in [0.4, 0.5) is 0 Å². The third kappa shape index (κ3) is 3.41. The molecule has 3 heteroatoms.